The Labute approximate surface area is 104 Å². The molecular weight excluding hydrogens is 268 g/mol. The molecule has 2 rings (SSSR count). The van der Waals surface area contributed by atoms with Gasteiger partial charge in [-0.1, -0.05) is 28.1 Å². The molecular formula is C13H15BrO2. The van der Waals surface area contributed by atoms with Gasteiger partial charge < -0.3 is 4.74 Å². The molecule has 1 aliphatic rings. The first kappa shape index (κ1) is 11.8. The molecule has 2 nitrogen and oxygen atoms in total. The van der Waals surface area contributed by atoms with Gasteiger partial charge in [0, 0.05) is 18.0 Å². The zero-order chi connectivity index (χ0) is 11.6. The van der Waals surface area contributed by atoms with Crippen molar-refractivity contribution in [3.8, 4) is 0 Å². The van der Waals surface area contributed by atoms with Crippen molar-refractivity contribution in [1.29, 1.82) is 0 Å². The molecule has 0 N–H and O–H groups in total. The highest BCUT2D eigenvalue weighted by Gasteiger charge is 2.43. The van der Waals surface area contributed by atoms with E-state index in [0.717, 1.165) is 29.3 Å². The van der Waals surface area contributed by atoms with Crippen LogP contribution < -0.4 is 0 Å². The van der Waals surface area contributed by atoms with Crippen LogP contribution in [0.2, 0.25) is 0 Å². The van der Waals surface area contributed by atoms with Crippen molar-refractivity contribution in [2.75, 3.05) is 7.11 Å². The van der Waals surface area contributed by atoms with Gasteiger partial charge in [-0.25, -0.2) is 0 Å². The molecule has 0 saturated heterocycles. The lowest BCUT2D eigenvalue weighted by atomic mass is 9.75. The quantitative estimate of drug-likeness (QED) is 0.848. The van der Waals surface area contributed by atoms with E-state index < -0.39 is 5.60 Å². The molecule has 0 radical (unpaired) electrons. The van der Waals surface area contributed by atoms with Gasteiger partial charge in [0.1, 0.15) is 5.60 Å². The van der Waals surface area contributed by atoms with Crippen molar-refractivity contribution in [2.24, 2.45) is 0 Å². The first-order valence-electron chi connectivity index (χ1n) is 5.49. The number of hydrogen-bond acceptors (Lipinski definition) is 2. The molecule has 1 saturated carbocycles. The third-order valence-electron chi connectivity index (χ3n) is 3.31. The number of benzene rings is 1. The van der Waals surface area contributed by atoms with Crippen LogP contribution >= 0.6 is 15.9 Å². The molecule has 1 aromatic rings. The zero-order valence-corrected chi connectivity index (χ0v) is 10.9. The van der Waals surface area contributed by atoms with Crippen LogP contribution in [0.15, 0.2) is 28.7 Å². The van der Waals surface area contributed by atoms with Crippen LogP contribution in [0.4, 0.5) is 0 Å². The summed E-state index contributed by atoms with van der Waals surface area (Å²) >= 11 is 3.41. The minimum absolute atomic E-state index is 0.208. The van der Waals surface area contributed by atoms with E-state index in [1.165, 1.54) is 0 Å². The number of halogens is 1. The number of methoxy groups -OCH3 is 1. The molecule has 0 amide bonds. The molecule has 0 aliphatic heterocycles. The largest absolute Gasteiger partial charge is 0.370 e. The van der Waals surface area contributed by atoms with Crippen molar-refractivity contribution in [1.82, 2.24) is 0 Å². The predicted octanol–water partition coefficient (Wildman–Crippen LogP) is 3.13. The highest BCUT2D eigenvalue weighted by Crippen LogP contribution is 2.36. The van der Waals surface area contributed by atoms with Crippen LogP contribution in [-0.4, -0.2) is 18.5 Å². The Kier molecular flexibility index (Phi) is 3.45. The number of carbonyl (C=O) groups is 1. The van der Waals surface area contributed by atoms with Gasteiger partial charge >= 0.3 is 0 Å². The van der Waals surface area contributed by atoms with Crippen molar-refractivity contribution >= 4 is 21.7 Å². The topological polar surface area (TPSA) is 26.3 Å². The summed E-state index contributed by atoms with van der Waals surface area (Å²) in [6, 6.07) is 7.88. The minimum atomic E-state index is -0.484. The third-order valence-corrected chi connectivity index (χ3v) is 3.81. The number of carbonyl (C=O) groups excluding carboxylic acids is 1. The standard InChI is InChI=1S/C13H15BrO2/c1-16-13(6-3-7-13)12(15)9-10-4-2-5-11(14)8-10/h2,4-5,8H,3,6-7,9H2,1H3. The number of ether oxygens (including phenoxy) is 1. The Hall–Kier alpha value is -0.670. The van der Waals surface area contributed by atoms with E-state index in [0.29, 0.717) is 6.42 Å². The van der Waals surface area contributed by atoms with Crippen LogP contribution in [0, 0.1) is 0 Å². The van der Waals surface area contributed by atoms with Gasteiger partial charge in [-0.15, -0.1) is 0 Å². The van der Waals surface area contributed by atoms with E-state index in [-0.39, 0.29) is 5.78 Å². The highest BCUT2D eigenvalue weighted by molar-refractivity contribution is 9.10. The van der Waals surface area contributed by atoms with Crippen molar-refractivity contribution < 1.29 is 9.53 Å². The van der Waals surface area contributed by atoms with E-state index in [1.807, 2.05) is 24.3 Å². The second-order valence-electron chi connectivity index (χ2n) is 4.28. The summed E-state index contributed by atoms with van der Waals surface area (Å²) in [5.74, 6) is 0.208. The summed E-state index contributed by atoms with van der Waals surface area (Å²) in [6.45, 7) is 0. The highest BCUT2D eigenvalue weighted by atomic mass is 79.9. The van der Waals surface area contributed by atoms with Gasteiger partial charge in [0.25, 0.3) is 0 Å². The molecule has 0 bridgehead atoms. The van der Waals surface area contributed by atoms with Gasteiger partial charge in [0.2, 0.25) is 0 Å². The lowest BCUT2D eigenvalue weighted by molar-refractivity contribution is -0.151. The molecule has 0 atom stereocenters. The summed E-state index contributed by atoms with van der Waals surface area (Å²) in [6.07, 6.45) is 3.30. The Morgan fingerprint density at radius 2 is 2.25 bits per heavy atom. The number of rotatable bonds is 4. The normalized spacial score (nSPS) is 17.9. The first-order chi connectivity index (χ1) is 7.66. The lowest BCUT2D eigenvalue weighted by Crippen LogP contribution is -2.47. The first-order valence-corrected chi connectivity index (χ1v) is 6.28. The summed E-state index contributed by atoms with van der Waals surface area (Å²) in [4.78, 5) is 12.1. The second-order valence-corrected chi connectivity index (χ2v) is 5.20. The molecule has 1 fully saturated rings. The van der Waals surface area contributed by atoms with Gasteiger partial charge in [-0.05, 0) is 37.0 Å². The number of ketones is 1. The lowest BCUT2D eigenvalue weighted by Gasteiger charge is -2.38. The number of hydrogen-bond donors (Lipinski definition) is 0. The summed E-state index contributed by atoms with van der Waals surface area (Å²) in [5, 5.41) is 0. The predicted molar refractivity (Wildman–Crippen MR) is 66.4 cm³/mol. The fourth-order valence-electron chi connectivity index (χ4n) is 2.09. The van der Waals surface area contributed by atoms with E-state index in [9.17, 15) is 4.79 Å². The van der Waals surface area contributed by atoms with E-state index in [2.05, 4.69) is 15.9 Å². The van der Waals surface area contributed by atoms with Gasteiger partial charge in [-0.2, -0.15) is 0 Å². The van der Waals surface area contributed by atoms with Crippen LogP contribution in [0.3, 0.4) is 0 Å². The monoisotopic (exact) mass is 282 g/mol. The van der Waals surface area contributed by atoms with Crippen molar-refractivity contribution in [3.63, 3.8) is 0 Å². The van der Waals surface area contributed by atoms with Crippen molar-refractivity contribution in [2.45, 2.75) is 31.3 Å². The molecule has 1 aromatic carbocycles. The molecule has 16 heavy (non-hydrogen) atoms. The maximum Gasteiger partial charge on any atom is 0.168 e. The maximum atomic E-state index is 12.1. The maximum absolute atomic E-state index is 12.1. The Bertz CT molecular complexity index is 391. The van der Waals surface area contributed by atoms with E-state index in [4.69, 9.17) is 4.74 Å². The van der Waals surface area contributed by atoms with Crippen LogP contribution in [0.1, 0.15) is 24.8 Å². The molecule has 3 heteroatoms. The minimum Gasteiger partial charge on any atom is -0.370 e. The van der Waals surface area contributed by atoms with Crippen LogP contribution in [0.25, 0.3) is 0 Å². The Morgan fingerprint density at radius 3 is 2.75 bits per heavy atom. The van der Waals surface area contributed by atoms with Gasteiger partial charge in [0.15, 0.2) is 5.78 Å². The molecule has 1 aliphatic carbocycles. The Balaban J connectivity index is 2.07. The molecule has 0 spiro atoms. The zero-order valence-electron chi connectivity index (χ0n) is 9.33. The Morgan fingerprint density at radius 1 is 1.50 bits per heavy atom. The average Bonchev–Trinajstić information content (AvgIpc) is 2.16. The molecule has 86 valence electrons. The summed E-state index contributed by atoms with van der Waals surface area (Å²) in [7, 11) is 1.64. The van der Waals surface area contributed by atoms with Gasteiger partial charge in [0.05, 0.1) is 0 Å². The van der Waals surface area contributed by atoms with E-state index >= 15 is 0 Å². The molecule has 0 heterocycles. The van der Waals surface area contributed by atoms with Crippen LogP contribution in [-0.2, 0) is 16.0 Å². The third kappa shape index (κ3) is 2.20. The second kappa shape index (κ2) is 4.68. The fraction of sp³-hybridized carbons (Fsp3) is 0.462. The number of Topliss-reactive ketones (excluding diaryl/α,β-unsaturated/α-hetero) is 1. The van der Waals surface area contributed by atoms with Crippen LogP contribution in [0.5, 0.6) is 0 Å². The summed E-state index contributed by atoms with van der Waals surface area (Å²) in [5.41, 5.74) is 0.560. The van der Waals surface area contributed by atoms with Gasteiger partial charge in [-0.3, -0.25) is 4.79 Å². The van der Waals surface area contributed by atoms with E-state index in [1.54, 1.807) is 7.11 Å². The molecule has 0 unspecified atom stereocenters. The SMILES string of the molecule is COC1(C(=O)Cc2cccc(Br)c2)CCC1. The molecule has 0 aromatic heterocycles. The smallest absolute Gasteiger partial charge is 0.168 e. The fourth-order valence-corrected chi connectivity index (χ4v) is 2.53. The summed E-state index contributed by atoms with van der Waals surface area (Å²) < 4.78 is 6.39. The van der Waals surface area contributed by atoms with Crippen molar-refractivity contribution in [3.05, 3.63) is 34.3 Å². The average molecular weight is 283 g/mol.